The van der Waals surface area contributed by atoms with Crippen molar-refractivity contribution in [2.75, 3.05) is 31.2 Å². The number of nitro benzene ring substituents is 1. The second kappa shape index (κ2) is 9.05. The maximum Gasteiger partial charge on any atom is 0.293 e. The quantitative estimate of drug-likeness (QED) is 0.332. The molecule has 0 saturated carbocycles. The number of hydrogen-bond acceptors (Lipinski definition) is 6. The van der Waals surface area contributed by atoms with Crippen LogP contribution in [0.1, 0.15) is 21.5 Å². The van der Waals surface area contributed by atoms with E-state index in [1.54, 1.807) is 18.2 Å². The van der Waals surface area contributed by atoms with Crippen LogP contribution < -0.4 is 9.70 Å². The number of nitro groups is 1. The van der Waals surface area contributed by atoms with Gasteiger partial charge in [0, 0.05) is 31.3 Å². The number of carbonyl (C=O) groups excluding carboxylic acids is 1. The first-order valence-electron chi connectivity index (χ1n) is 10.3. The molecular formula is C23H24N4O4S. The normalized spacial score (nSPS) is 14.7. The SMILES string of the molecule is C=CCn1c(=NC(=O)c2ccc(N3CCOCC3)c([N+](=O)[O-])c2)sc2c(C)cc(C)cc21. The Balaban J connectivity index is 1.78. The largest absolute Gasteiger partial charge is 0.378 e. The Hall–Kier alpha value is -3.30. The lowest BCUT2D eigenvalue weighted by Crippen LogP contribution is -2.36. The zero-order valence-electron chi connectivity index (χ0n) is 18.0. The van der Waals surface area contributed by atoms with Gasteiger partial charge in [-0.25, -0.2) is 0 Å². The average molecular weight is 453 g/mol. The molecule has 1 amide bonds. The van der Waals surface area contributed by atoms with Gasteiger partial charge in [-0.15, -0.1) is 6.58 Å². The fourth-order valence-electron chi connectivity index (χ4n) is 3.93. The summed E-state index contributed by atoms with van der Waals surface area (Å²) in [6.45, 7) is 10.6. The van der Waals surface area contributed by atoms with Crippen LogP contribution in [0.5, 0.6) is 0 Å². The number of ether oxygens (including phenoxy) is 1. The molecule has 32 heavy (non-hydrogen) atoms. The number of aromatic nitrogens is 1. The van der Waals surface area contributed by atoms with Gasteiger partial charge >= 0.3 is 0 Å². The lowest BCUT2D eigenvalue weighted by molar-refractivity contribution is -0.384. The maximum absolute atomic E-state index is 13.0. The summed E-state index contributed by atoms with van der Waals surface area (Å²) in [5.41, 5.74) is 3.80. The van der Waals surface area contributed by atoms with E-state index in [0.29, 0.717) is 43.3 Å². The first-order valence-corrected chi connectivity index (χ1v) is 11.1. The molecule has 0 N–H and O–H groups in total. The highest BCUT2D eigenvalue weighted by molar-refractivity contribution is 7.16. The molecule has 2 heterocycles. The van der Waals surface area contributed by atoms with Gasteiger partial charge in [-0.2, -0.15) is 4.99 Å². The molecule has 166 valence electrons. The van der Waals surface area contributed by atoms with Crippen LogP contribution in [0.25, 0.3) is 10.2 Å². The third-order valence-corrected chi connectivity index (χ3v) is 6.62. The molecule has 0 unspecified atom stereocenters. The predicted molar refractivity (Wildman–Crippen MR) is 126 cm³/mol. The minimum atomic E-state index is -0.514. The van der Waals surface area contributed by atoms with Crippen LogP contribution in [0.2, 0.25) is 0 Å². The van der Waals surface area contributed by atoms with Gasteiger partial charge in [0.15, 0.2) is 4.80 Å². The van der Waals surface area contributed by atoms with Crippen LogP contribution in [0.4, 0.5) is 11.4 Å². The van der Waals surface area contributed by atoms with Gasteiger partial charge in [0.1, 0.15) is 5.69 Å². The lowest BCUT2D eigenvalue weighted by Gasteiger charge is -2.28. The van der Waals surface area contributed by atoms with Crippen molar-refractivity contribution in [2.45, 2.75) is 20.4 Å². The molecule has 1 aliphatic heterocycles. The zero-order valence-corrected chi connectivity index (χ0v) is 18.9. The number of hydrogen-bond donors (Lipinski definition) is 0. The third kappa shape index (κ3) is 4.21. The Bertz CT molecular complexity index is 1290. The van der Waals surface area contributed by atoms with Crippen LogP contribution in [0.3, 0.4) is 0 Å². The van der Waals surface area contributed by atoms with Crippen molar-refractivity contribution in [3.8, 4) is 0 Å². The molecule has 0 spiro atoms. The fraction of sp³-hybridized carbons (Fsp3) is 0.304. The van der Waals surface area contributed by atoms with Crippen molar-refractivity contribution in [3.05, 3.63) is 74.6 Å². The molecule has 0 radical (unpaired) electrons. The standard InChI is InChI=1S/C23H24N4O4S/c1-4-7-26-20-13-15(2)12-16(3)21(20)32-23(26)24-22(28)17-5-6-18(19(14-17)27(29)30)25-8-10-31-11-9-25/h4-6,12-14H,1,7-11H2,2-3H3. The minimum absolute atomic E-state index is 0.102. The van der Waals surface area contributed by atoms with Crippen LogP contribution in [-0.2, 0) is 11.3 Å². The molecule has 3 aromatic rings. The number of morpholine rings is 1. The minimum Gasteiger partial charge on any atom is -0.378 e. The van der Waals surface area contributed by atoms with Crippen LogP contribution in [-0.4, -0.2) is 41.7 Å². The van der Waals surface area contributed by atoms with Crippen molar-refractivity contribution >= 4 is 38.8 Å². The van der Waals surface area contributed by atoms with E-state index >= 15 is 0 Å². The second-order valence-electron chi connectivity index (χ2n) is 7.69. The van der Waals surface area contributed by atoms with Gasteiger partial charge in [0.05, 0.1) is 28.4 Å². The van der Waals surface area contributed by atoms with Crippen LogP contribution in [0, 0.1) is 24.0 Å². The summed E-state index contributed by atoms with van der Waals surface area (Å²) in [5, 5.41) is 11.7. The van der Waals surface area contributed by atoms with E-state index in [1.807, 2.05) is 23.3 Å². The van der Waals surface area contributed by atoms with Gasteiger partial charge in [-0.05, 0) is 43.2 Å². The number of benzene rings is 2. The smallest absolute Gasteiger partial charge is 0.293 e. The summed E-state index contributed by atoms with van der Waals surface area (Å²) in [7, 11) is 0. The van der Waals surface area contributed by atoms with Gasteiger partial charge in [-0.1, -0.05) is 23.5 Å². The molecule has 9 heteroatoms. The van der Waals surface area contributed by atoms with E-state index in [-0.39, 0.29) is 11.3 Å². The summed E-state index contributed by atoms with van der Waals surface area (Å²) < 4.78 is 8.33. The summed E-state index contributed by atoms with van der Waals surface area (Å²) in [4.78, 5) is 31.1. The van der Waals surface area contributed by atoms with E-state index in [1.165, 1.54) is 17.4 Å². The maximum atomic E-state index is 13.0. The molecule has 8 nitrogen and oxygen atoms in total. The van der Waals surface area contributed by atoms with Gasteiger partial charge in [0.2, 0.25) is 0 Å². The molecule has 0 atom stereocenters. The summed E-state index contributed by atoms with van der Waals surface area (Å²) >= 11 is 1.43. The Morgan fingerprint density at radius 2 is 2.03 bits per heavy atom. The number of carbonyl (C=O) groups is 1. The molecule has 1 fully saturated rings. The Kier molecular flexibility index (Phi) is 6.20. The number of rotatable bonds is 5. The van der Waals surface area contributed by atoms with E-state index in [9.17, 15) is 14.9 Å². The number of aryl methyl sites for hydroxylation is 2. The molecule has 1 aliphatic rings. The van der Waals surface area contributed by atoms with E-state index in [0.717, 1.165) is 21.3 Å². The molecule has 4 rings (SSSR count). The Labute approximate surface area is 189 Å². The number of anilines is 1. The molecule has 0 aliphatic carbocycles. The highest BCUT2D eigenvalue weighted by atomic mass is 32.1. The molecule has 1 aromatic heterocycles. The van der Waals surface area contributed by atoms with Crippen molar-refractivity contribution in [1.82, 2.24) is 4.57 Å². The van der Waals surface area contributed by atoms with Gasteiger partial charge in [0.25, 0.3) is 11.6 Å². The van der Waals surface area contributed by atoms with Crippen molar-refractivity contribution in [3.63, 3.8) is 0 Å². The monoisotopic (exact) mass is 452 g/mol. The van der Waals surface area contributed by atoms with Crippen molar-refractivity contribution in [1.29, 1.82) is 0 Å². The Morgan fingerprint density at radius 1 is 1.28 bits per heavy atom. The lowest BCUT2D eigenvalue weighted by atomic mass is 10.1. The Morgan fingerprint density at radius 3 is 2.72 bits per heavy atom. The van der Waals surface area contributed by atoms with E-state index in [2.05, 4.69) is 23.7 Å². The number of nitrogens with zero attached hydrogens (tertiary/aromatic N) is 4. The highest BCUT2D eigenvalue weighted by Crippen LogP contribution is 2.30. The number of thiazole rings is 1. The van der Waals surface area contributed by atoms with E-state index in [4.69, 9.17) is 4.74 Å². The second-order valence-corrected chi connectivity index (χ2v) is 8.67. The van der Waals surface area contributed by atoms with Gasteiger partial charge in [-0.3, -0.25) is 14.9 Å². The number of fused-ring (bicyclic) bond motifs is 1. The molecule has 2 aromatic carbocycles. The predicted octanol–water partition coefficient (Wildman–Crippen LogP) is 3.99. The molecule has 0 bridgehead atoms. The average Bonchev–Trinajstić information content (AvgIpc) is 3.11. The van der Waals surface area contributed by atoms with E-state index < -0.39 is 10.8 Å². The topological polar surface area (TPSA) is 90.0 Å². The zero-order chi connectivity index (χ0) is 22.8. The van der Waals surface area contributed by atoms with Gasteiger partial charge < -0.3 is 14.2 Å². The third-order valence-electron chi connectivity index (χ3n) is 5.39. The number of allylic oxidation sites excluding steroid dienone is 1. The summed E-state index contributed by atoms with van der Waals surface area (Å²) in [6.07, 6.45) is 1.76. The molecule has 1 saturated heterocycles. The molecular weight excluding hydrogens is 428 g/mol. The summed E-state index contributed by atoms with van der Waals surface area (Å²) in [5.74, 6) is -0.514. The summed E-state index contributed by atoms with van der Waals surface area (Å²) in [6, 6.07) is 8.70. The number of amides is 1. The first kappa shape index (κ1) is 21.9. The highest BCUT2D eigenvalue weighted by Gasteiger charge is 2.23. The first-order chi connectivity index (χ1) is 15.4. The van der Waals surface area contributed by atoms with Crippen molar-refractivity contribution in [2.24, 2.45) is 4.99 Å². The van der Waals surface area contributed by atoms with Crippen LogP contribution >= 0.6 is 11.3 Å². The van der Waals surface area contributed by atoms with Crippen LogP contribution in [0.15, 0.2) is 48.0 Å². The fourth-order valence-corrected chi connectivity index (χ4v) is 5.02. The van der Waals surface area contributed by atoms with Crippen molar-refractivity contribution < 1.29 is 14.5 Å².